The van der Waals surface area contributed by atoms with Crippen molar-refractivity contribution in [3.8, 4) is 0 Å². The molecule has 0 unspecified atom stereocenters. The molecule has 23 heavy (non-hydrogen) atoms. The smallest absolute Gasteiger partial charge is 0.255 e. The summed E-state index contributed by atoms with van der Waals surface area (Å²) in [5.41, 5.74) is 2.88. The van der Waals surface area contributed by atoms with Crippen molar-refractivity contribution in [2.45, 2.75) is 0 Å². The topological polar surface area (TPSA) is 54.9 Å². The molecule has 112 valence electrons. The highest BCUT2D eigenvalue weighted by molar-refractivity contribution is 9.10. The van der Waals surface area contributed by atoms with Gasteiger partial charge in [-0.25, -0.2) is 0 Å². The number of fused-ring (bicyclic) bond motifs is 2. The monoisotopic (exact) mass is 383 g/mol. The predicted octanol–water partition coefficient (Wildman–Crippen LogP) is 4.86. The number of carbonyl (C=O) groups excluding carboxylic acids is 1. The van der Waals surface area contributed by atoms with Crippen LogP contribution in [0.2, 0.25) is 0 Å². The molecule has 3 aromatic carbocycles. The molecule has 0 saturated carbocycles. The van der Waals surface area contributed by atoms with Crippen molar-refractivity contribution in [2.24, 2.45) is 0 Å². The molecule has 1 aromatic heterocycles. The Labute approximate surface area is 144 Å². The summed E-state index contributed by atoms with van der Waals surface area (Å²) < 4.78 is 9.34. The summed E-state index contributed by atoms with van der Waals surface area (Å²) in [4.78, 5) is 12.4. The van der Waals surface area contributed by atoms with Crippen LogP contribution in [-0.2, 0) is 0 Å². The minimum absolute atomic E-state index is 0.158. The van der Waals surface area contributed by atoms with E-state index < -0.39 is 0 Å². The van der Waals surface area contributed by atoms with Crippen molar-refractivity contribution in [2.75, 3.05) is 5.32 Å². The van der Waals surface area contributed by atoms with Gasteiger partial charge in [-0.1, -0.05) is 34.1 Å². The molecule has 0 aliphatic carbocycles. The van der Waals surface area contributed by atoms with Gasteiger partial charge in [-0.3, -0.25) is 4.79 Å². The molecule has 4 nitrogen and oxygen atoms in total. The molecule has 1 amide bonds. The number of hydrogen-bond donors (Lipinski definition) is 1. The summed E-state index contributed by atoms with van der Waals surface area (Å²) >= 11 is 4.67. The standard InChI is InChI=1S/C17H10BrN3OS/c18-14-3-1-2-10-8-12(5-6-13(10)14)19-17(22)11-4-7-15-16(9-11)21-23-20-15/h1-9H,(H,19,22). The number of anilines is 1. The molecule has 0 atom stereocenters. The third-order valence-electron chi connectivity index (χ3n) is 3.60. The molecule has 0 saturated heterocycles. The quantitative estimate of drug-likeness (QED) is 0.537. The fourth-order valence-electron chi connectivity index (χ4n) is 2.45. The van der Waals surface area contributed by atoms with Crippen LogP contribution in [0.4, 0.5) is 5.69 Å². The number of amides is 1. The fourth-order valence-corrected chi connectivity index (χ4v) is 3.48. The summed E-state index contributed by atoms with van der Waals surface area (Å²) in [5, 5.41) is 5.11. The zero-order valence-corrected chi connectivity index (χ0v) is 14.2. The first-order chi connectivity index (χ1) is 11.2. The van der Waals surface area contributed by atoms with Crippen LogP contribution in [0, 0.1) is 0 Å². The lowest BCUT2D eigenvalue weighted by atomic mass is 10.1. The average molecular weight is 384 g/mol. The van der Waals surface area contributed by atoms with Gasteiger partial charge in [0.05, 0.1) is 11.7 Å². The number of aromatic nitrogens is 2. The number of rotatable bonds is 2. The zero-order valence-electron chi connectivity index (χ0n) is 11.8. The fraction of sp³-hybridized carbons (Fsp3) is 0. The highest BCUT2D eigenvalue weighted by atomic mass is 79.9. The zero-order chi connectivity index (χ0) is 15.8. The van der Waals surface area contributed by atoms with E-state index in [4.69, 9.17) is 0 Å². The van der Waals surface area contributed by atoms with Crippen molar-refractivity contribution in [3.05, 3.63) is 64.6 Å². The number of halogens is 1. The lowest BCUT2D eigenvalue weighted by Gasteiger charge is -2.07. The molecule has 0 aliphatic heterocycles. The lowest BCUT2D eigenvalue weighted by Crippen LogP contribution is -2.11. The Bertz CT molecular complexity index is 1040. The van der Waals surface area contributed by atoms with Gasteiger partial charge >= 0.3 is 0 Å². The molecule has 4 rings (SSSR count). The highest BCUT2D eigenvalue weighted by Crippen LogP contribution is 2.26. The van der Waals surface area contributed by atoms with E-state index in [-0.39, 0.29) is 5.91 Å². The molecule has 0 spiro atoms. The van der Waals surface area contributed by atoms with E-state index in [9.17, 15) is 4.79 Å². The third kappa shape index (κ3) is 2.71. The van der Waals surface area contributed by atoms with Crippen LogP contribution in [0.1, 0.15) is 10.4 Å². The van der Waals surface area contributed by atoms with Crippen LogP contribution in [0.5, 0.6) is 0 Å². The van der Waals surface area contributed by atoms with E-state index >= 15 is 0 Å². The van der Waals surface area contributed by atoms with Crippen molar-refractivity contribution in [1.82, 2.24) is 8.75 Å². The summed E-state index contributed by atoms with van der Waals surface area (Å²) in [6, 6.07) is 17.2. The molecule has 0 aliphatic rings. The van der Waals surface area contributed by atoms with Crippen LogP contribution < -0.4 is 5.32 Å². The average Bonchev–Trinajstić information content (AvgIpc) is 3.02. The number of hydrogen-bond acceptors (Lipinski definition) is 4. The summed E-state index contributed by atoms with van der Waals surface area (Å²) in [5.74, 6) is -0.158. The van der Waals surface area contributed by atoms with Crippen molar-refractivity contribution in [1.29, 1.82) is 0 Å². The first-order valence-electron chi connectivity index (χ1n) is 6.93. The first kappa shape index (κ1) is 14.3. The second-order valence-electron chi connectivity index (χ2n) is 5.10. The summed E-state index contributed by atoms with van der Waals surface area (Å²) in [6.45, 7) is 0. The van der Waals surface area contributed by atoms with E-state index in [1.165, 1.54) is 0 Å². The van der Waals surface area contributed by atoms with E-state index in [0.717, 1.165) is 43.7 Å². The van der Waals surface area contributed by atoms with Crippen molar-refractivity contribution < 1.29 is 4.79 Å². The van der Waals surface area contributed by atoms with E-state index in [1.54, 1.807) is 12.1 Å². The molecule has 4 aromatic rings. The van der Waals surface area contributed by atoms with Gasteiger partial charge < -0.3 is 5.32 Å². The molecular weight excluding hydrogens is 374 g/mol. The largest absolute Gasteiger partial charge is 0.322 e. The van der Waals surface area contributed by atoms with Gasteiger partial charge in [0, 0.05) is 15.7 Å². The van der Waals surface area contributed by atoms with Gasteiger partial charge in [-0.2, -0.15) is 8.75 Å². The summed E-state index contributed by atoms with van der Waals surface area (Å²) in [7, 11) is 0. The Morgan fingerprint density at radius 3 is 2.78 bits per heavy atom. The number of benzene rings is 3. The molecule has 0 bridgehead atoms. The minimum Gasteiger partial charge on any atom is -0.322 e. The maximum absolute atomic E-state index is 12.4. The van der Waals surface area contributed by atoms with E-state index in [0.29, 0.717) is 5.56 Å². The number of carbonyl (C=O) groups is 1. The SMILES string of the molecule is O=C(Nc1ccc2c(Br)cccc2c1)c1ccc2nsnc2c1. The molecule has 6 heteroatoms. The Hall–Kier alpha value is -2.31. The second-order valence-corrected chi connectivity index (χ2v) is 6.48. The van der Waals surface area contributed by atoms with E-state index in [2.05, 4.69) is 30.0 Å². The Kier molecular flexibility index (Phi) is 3.55. The van der Waals surface area contributed by atoms with Crippen molar-refractivity contribution >= 4 is 61.1 Å². The van der Waals surface area contributed by atoms with Gasteiger partial charge in [0.15, 0.2) is 0 Å². The maximum Gasteiger partial charge on any atom is 0.255 e. The Morgan fingerprint density at radius 2 is 1.87 bits per heavy atom. The van der Waals surface area contributed by atoms with Crippen LogP contribution in [0.3, 0.4) is 0 Å². The first-order valence-corrected chi connectivity index (χ1v) is 8.45. The van der Waals surface area contributed by atoms with Gasteiger partial charge in [-0.15, -0.1) is 0 Å². The molecular formula is C17H10BrN3OS. The van der Waals surface area contributed by atoms with Gasteiger partial charge in [0.2, 0.25) is 0 Å². The Morgan fingerprint density at radius 1 is 1.00 bits per heavy atom. The molecule has 0 radical (unpaired) electrons. The van der Waals surface area contributed by atoms with E-state index in [1.807, 2.05) is 42.5 Å². The van der Waals surface area contributed by atoms with Crippen LogP contribution >= 0.6 is 27.7 Å². The van der Waals surface area contributed by atoms with Crippen molar-refractivity contribution in [3.63, 3.8) is 0 Å². The Balaban J connectivity index is 1.65. The highest BCUT2D eigenvalue weighted by Gasteiger charge is 2.09. The number of nitrogens with one attached hydrogen (secondary N) is 1. The minimum atomic E-state index is -0.158. The summed E-state index contributed by atoms with van der Waals surface area (Å²) in [6.07, 6.45) is 0. The second kappa shape index (κ2) is 5.72. The normalized spacial score (nSPS) is 11.0. The van der Waals surface area contributed by atoms with Crippen LogP contribution in [0.25, 0.3) is 21.8 Å². The van der Waals surface area contributed by atoms with Gasteiger partial charge in [-0.05, 0) is 47.2 Å². The maximum atomic E-state index is 12.4. The van der Waals surface area contributed by atoms with Gasteiger partial charge in [0.25, 0.3) is 5.91 Å². The molecule has 1 heterocycles. The predicted molar refractivity (Wildman–Crippen MR) is 97.0 cm³/mol. The number of nitrogens with zero attached hydrogens (tertiary/aromatic N) is 2. The van der Waals surface area contributed by atoms with Gasteiger partial charge in [0.1, 0.15) is 11.0 Å². The molecule has 0 fully saturated rings. The van der Waals surface area contributed by atoms with Crippen LogP contribution in [0.15, 0.2) is 59.1 Å². The lowest BCUT2D eigenvalue weighted by molar-refractivity contribution is 0.102. The van der Waals surface area contributed by atoms with Crippen LogP contribution in [-0.4, -0.2) is 14.7 Å². The molecule has 1 N–H and O–H groups in total. The third-order valence-corrected chi connectivity index (χ3v) is 4.85.